The van der Waals surface area contributed by atoms with Crippen LogP contribution in [0.4, 0.5) is 5.69 Å². The monoisotopic (exact) mass is 621 g/mol. The molecule has 13 nitrogen and oxygen atoms in total. The number of aromatic nitrogens is 2. The fourth-order valence-corrected chi connectivity index (χ4v) is 6.74. The Bertz CT molecular complexity index is 1640. The van der Waals surface area contributed by atoms with E-state index in [1.165, 1.54) is 78.6 Å². The Morgan fingerprint density at radius 1 is 1.19 bits per heavy atom. The van der Waals surface area contributed by atoms with Crippen molar-refractivity contribution in [3.63, 3.8) is 0 Å². The van der Waals surface area contributed by atoms with E-state index in [0.29, 0.717) is 5.75 Å². The molecule has 4 rings (SSSR count). The van der Waals surface area contributed by atoms with E-state index in [0.717, 1.165) is 4.31 Å². The SMILES string of the molecule is COc1ccc(S(=O)(=O)Nc2cccc3c2O[C@H](CN(C)S(=O)(=O)c2cn(C)cn2)[C@H](C)CN([C@@H](C)CO)C3=O)cc1. The molecule has 1 aromatic heterocycles. The Morgan fingerprint density at radius 2 is 1.88 bits per heavy atom. The first-order valence-corrected chi connectivity index (χ1v) is 16.0. The number of nitrogens with zero attached hydrogens (tertiary/aromatic N) is 4. The fraction of sp³-hybridized carbons (Fsp3) is 0.407. The van der Waals surface area contributed by atoms with Gasteiger partial charge in [0, 0.05) is 32.8 Å². The van der Waals surface area contributed by atoms with E-state index in [1.54, 1.807) is 20.9 Å². The van der Waals surface area contributed by atoms with Crippen molar-refractivity contribution in [2.75, 3.05) is 38.6 Å². The largest absolute Gasteiger partial charge is 0.497 e. The number of para-hydroxylation sites is 1. The molecule has 1 amide bonds. The third-order valence-corrected chi connectivity index (χ3v) is 10.2. The number of aryl methyl sites for hydroxylation is 1. The van der Waals surface area contributed by atoms with Gasteiger partial charge >= 0.3 is 0 Å². The van der Waals surface area contributed by atoms with Gasteiger partial charge in [0.1, 0.15) is 11.9 Å². The first-order chi connectivity index (χ1) is 19.8. The Morgan fingerprint density at radius 3 is 2.48 bits per heavy atom. The van der Waals surface area contributed by atoms with Crippen LogP contribution in [0.1, 0.15) is 24.2 Å². The molecule has 0 unspecified atom stereocenters. The minimum atomic E-state index is -4.12. The van der Waals surface area contributed by atoms with Crippen LogP contribution in [0.3, 0.4) is 0 Å². The van der Waals surface area contributed by atoms with Gasteiger partial charge in [-0.25, -0.2) is 21.8 Å². The molecular formula is C27H35N5O8S2. The molecular weight excluding hydrogens is 586 g/mol. The Kier molecular flexibility index (Phi) is 9.15. The van der Waals surface area contributed by atoms with E-state index in [2.05, 4.69) is 9.71 Å². The minimum absolute atomic E-state index is 0.00241. The predicted octanol–water partition coefficient (Wildman–Crippen LogP) is 1.77. The van der Waals surface area contributed by atoms with Crippen LogP contribution in [-0.2, 0) is 27.1 Å². The van der Waals surface area contributed by atoms with Gasteiger partial charge in [-0.3, -0.25) is 9.52 Å². The Balaban J connectivity index is 1.75. The molecule has 2 N–H and O–H groups in total. The van der Waals surface area contributed by atoms with Gasteiger partial charge in [-0.05, 0) is 43.3 Å². The van der Waals surface area contributed by atoms with E-state index in [1.807, 2.05) is 0 Å². The van der Waals surface area contributed by atoms with Crippen LogP contribution in [0, 0.1) is 5.92 Å². The number of nitrogens with one attached hydrogen (secondary N) is 1. The van der Waals surface area contributed by atoms with Gasteiger partial charge in [-0.1, -0.05) is 13.0 Å². The number of hydrogen-bond acceptors (Lipinski definition) is 9. The first-order valence-electron chi connectivity index (χ1n) is 13.1. The lowest BCUT2D eigenvalue weighted by molar-refractivity contribution is 0.0389. The van der Waals surface area contributed by atoms with Crippen molar-refractivity contribution >= 4 is 31.6 Å². The highest BCUT2D eigenvalue weighted by Crippen LogP contribution is 2.36. The molecule has 1 aliphatic heterocycles. The summed E-state index contributed by atoms with van der Waals surface area (Å²) >= 11 is 0. The molecule has 228 valence electrons. The van der Waals surface area contributed by atoms with Crippen molar-refractivity contribution in [2.45, 2.75) is 35.9 Å². The maximum Gasteiger partial charge on any atom is 0.262 e. The maximum atomic E-state index is 13.7. The number of methoxy groups -OCH3 is 1. The van der Waals surface area contributed by atoms with Gasteiger partial charge in [0.2, 0.25) is 0 Å². The molecule has 1 aliphatic rings. The third-order valence-electron chi connectivity index (χ3n) is 7.10. The van der Waals surface area contributed by atoms with Crippen LogP contribution < -0.4 is 14.2 Å². The number of carbonyl (C=O) groups is 1. The summed E-state index contributed by atoms with van der Waals surface area (Å²) in [4.78, 5) is 19.1. The lowest BCUT2D eigenvalue weighted by Gasteiger charge is -2.38. The number of aliphatic hydroxyl groups is 1. The van der Waals surface area contributed by atoms with Gasteiger partial charge in [0.15, 0.2) is 10.8 Å². The predicted molar refractivity (Wildman–Crippen MR) is 154 cm³/mol. The van der Waals surface area contributed by atoms with Gasteiger partial charge < -0.3 is 24.0 Å². The zero-order chi connectivity index (χ0) is 30.8. The first kappa shape index (κ1) is 31.3. The zero-order valence-electron chi connectivity index (χ0n) is 24.0. The summed E-state index contributed by atoms with van der Waals surface area (Å²) < 4.78 is 69.8. The second kappa shape index (κ2) is 12.3. The van der Waals surface area contributed by atoms with Crippen LogP contribution in [0.15, 0.2) is 64.9 Å². The van der Waals surface area contributed by atoms with E-state index >= 15 is 0 Å². The smallest absolute Gasteiger partial charge is 0.262 e. The summed E-state index contributed by atoms with van der Waals surface area (Å²) in [5, 5.41) is 9.76. The van der Waals surface area contributed by atoms with Crippen molar-refractivity contribution in [3.8, 4) is 11.5 Å². The highest BCUT2D eigenvalue weighted by Gasteiger charge is 2.37. The minimum Gasteiger partial charge on any atom is -0.497 e. The number of fused-ring (bicyclic) bond motifs is 1. The average Bonchev–Trinajstić information content (AvgIpc) is 3.41. The van der Waals surface area contributed by atoms with Gasteiger partial charge in [0.05, 0.1) is 48.8 Å². The number of anilines is 1. The van der Waals surface area contributed by atoms with E-state index in [9.17, 15) is 26.7 Å². The van der Waals surface area contributed by atoms with Crippen LogP contribution in [0.5, 0.6) is 11.5 Å². The van der Waals surface area contributed by atoms with Gasteiger partial charge in [0.25, 0.3) is 26.0 Å². The van der Waals surface area contributed by atoms with Crippen LogP contribution >= 0.6 is 0 Å². The lowest BCUT2D eigenvalue weighted by Crippen LogP contribution is -2.50. The molecule has 15 heteroatoms. The molecule has 0 spiro atoms. The molecule has 0 bridgehead atoms. The molecule has 0 saturated heterocycles. The number of carbonyl (C=O) groups excluding carboxylic acids is 1. The Hall–Kier alpha value is -3.66. The number of hydrogen-bond donors (Lipinski definition) is 2. The van der Waals surface area contributed by atoms with Crippen molar-refractivity contribution in [1.82, 2.24) is 18.8 Å². The fourth-order valence-electron chi connectivity index (χ4n) is 4.53. The molecule has 3 atom stereocenters. The number of likely N-dealkylation sites (N-methyl/N-ethyl adjacent to an activating group) is 1. The Labute approximate surface area is 245 Å². The van der Waals surface area contributed by atoms with Crippen LogP contribution in [0.25, 0.3) is 0 Å². The van der Waals surface area contributed by atoms with E-state index in [4.69, 9.17) is 9.47 Å². The molecule has 3 aromatic rings. The molecule has 0 saturated carbocycles. The molecule has 0 aliphatic carbocycles. The summed E-state index contributed by atoms with van der Waals surface area (Å²) in [7, 11) is -3.58. The second-order valence-corrected chi connectivity index (χ2v) is 13.9. The zero-order valence-corrected chi connectivity index (χ0v) is 25.6. The number of ether oxygens (including phenoxy) is 2. The average molecular weight is 622 g/mol. The summed E-state index contributed by atoms with van der Waals surface area (Å²) in [6.45, 7) is 3.21. The third kappa shape index (κ3) is 6.38. The van der Waals surface area contributed by atoms with Crippen molar-refractivity contribution in [1.29, 1.82) is 0 Å². The number of amides is 1. The molecule has 42 heavy (non-hydrogen) atoms. The van der Waals surface area contributed by atoms with Crippen LogP contribution in [0.2, 0.25) is 0 Å². The molecule has 0 radical (unpaired) electrons. The van der Waals surface area contributed by atoms with Crippen molar-refractivity contribution < 1.29 is 36.2 Å². The van der Waals surface area contributed by atoms with Crippen LogP contribution in [-0.4, -0.2) is 92.6 Å². The number of sulfonamides is 2. The summed E-state index contributed by atoms with van der Waals surface area (Å²) in [6.07, 6.45) is 1.95. The summed E-state index contributed by atoms with van der Waals surface area (Å²) in [5.74, 6) is -0.456. The normalized spacial score (nSPS) is 18.5. The lowest BCUT2D eigenvalue weighted by atomic mass is 9.99. The quantitative estimate of drug-likeness (QED) is 0.344. The standard InChI is InChI=1S/C27H35N5O8S2/c1-18-13-32(19(2)16-33)27(34)22-7-6-8-23(29-41(35,36)21-11-9-20(39-5)10-12-21)26(22)40-24(18)14-31(4)42(37,38)25-15-30(3)17-28-25/h6-12,15,17-19,24,29,33H,13-14,16H2,1-5H3/t18-,19+,24-/m1/s1. The summed E-state index contributed by atoms with van der Waals surface area (Å²) in [5.41, 5.74) is 0.0694. The molecule has 2 aromatic carbocycles. The maximum absolute atomic E-state index is 13.7. The highest BCUT2D eigenvalue weighted by atomic mass is 32.2. The summed E-state index contributed by atoms with van der Waals surface area (Å²) in [6, 6.07) is 9.69. The van der Waals surface area contributed by atoms with Crippen molar-refractivity contribution in [2.24, 2.45) is 13.0 Å². The molecule has 2 heterocycles. The van der Waals surface area contributed by atoms with Gasteiger partial charge in [-0.2, -0.15) is 4.31 Å². The van der Waals surface area contributed by atoms with E-state index in [-0.39, 0.29) is 46.6 Å². The number of rotatable bonds is 10. The van der Waals surface area contributed by atoms with E-state index < -0.39 is 44.0 Å². The second-order valence-electron chi connectivity index (χ2n) is 10.2. The number of benzene rings is 2. The van der Waals surface area contributed by atoms with Gasteiger partial charge in [-0.15, -0.1) is 0 Å². The number of aliphatic hydroxyl groups excluding tert-OH is 1. The number of imidazole rings is 1. The topological polar surface area (TPSA) is 160 Å². The van der Waals surface area contributed by atoms with Crippen molar-refractivity contribution in [3.05, 3.63) is 60.6 Å². The molecule has 0 fully saturated rings. The highest BCUT2D eigenvalue weighted by molar-refractivity contribution is 7.92.